The van der Waals surface area contributed by atoms with Crippen LogP contribution in [0.3, 0.4) is 0 Å². The Hall–Kier alpha value is -3.01. The van der Waals surface area contributed by atoms with Crippen molar-refractivity contribution in [2.45, 2.75) is 66.2 Å². The standard InChI is InChI=1S/C28H34O4/c1-9-31-26-21(15-19(27(3,4)5)16-22(26)28(6,7)8)20-12-10-11-18-14-23(32-25(18)20)17(2)13-24(29)30/h10-16H,9H2,1-8H3,(H,29,30)/b17-13+. The molecule has 3 rings (SSSR count). The van der Waals surface area contributed by atoms with Gasteiger partial charge in [-0.05, 0) is 47.9 Å². The number of aliphatic carboxylic acids is 1. The second kappa shape index (κ2) is 8.50. The first-order valence-corrected chi connectivity index (χ1v) is 11.1. The Labute approximate surface area is 190 Å². The molecule has 0 aliphatic heterocycles. The van der Waals surface area contributed by atoms with E-state index in [4.69, 9.17) is 14.3 Å². The number of hydrogen-bond acceptors (Lipinski definition) is 3. The molecule has 170 valence electrons. The Morgan fingerprint density at radius 3 is 2.28 bits per heavy atom. The molecule has 0 spiro atoms. The highest BCUT2D eigenvalue weighted by molar-refractivity contribution is 5.97. The lowest BCUT2D eigenvalue weighted by Crippen LogP contribution is -2.18. The lowest BCUT2D eigenvalue weighted by molar-refractivity contribution is -0.131. The number of ether oxygens (including phenoxy) is 1. The van der Waals surface area contributed by atoms with Gasteiger partial charge >= 0.3 is 5.97 Å². The number of furan rings is 1. The van der Waals surface area contributed by atoms with Gasteiger partial charge in [0.15, 0.2) is 0 Å². The first kappa shape index (κ1) is 23.6. The molecule has 0 saturated carbocycles. The van der Waals surface area contributed by atoms with Crippen LogP contribution in [0.2, 0.25) is 0 Å². The molecule has 0 unspecified atom stereocenters. The molecular weight excluding hydrogens is 400 g/mol. The fourth-order valence-corrected chi connectivity index (χ4v) is 3.84. The maximum atomic E-state index is 11.1. The number of para-hydroxylation sites is 1. The summed E-state index contributed by atoms with van der Waals surface area (Å²) in [6.45, 7) is 17.5. The molecule has 0 atom stereocenters. The van der Waals surface area contributed by atoms with Gasteiger partial charge in [0.05, 0.1) is 6.61 Å². The third-order valence-corrected chi connectivity index (χ3v) is 5.61. The molecule has 2 aromatic carbocycles. The predicted octanol–water partition coefficient (Wildman–Crippen LogP) is 7.58. The summed E-state index contributed by atoms with van der Waals surface area (Å²) in [7, 11) is 0. The van der Waals surface area contributed by atoms with Gasteiger partial charge in [0.25, 0.3) is 0 Å². The van der Waals surface area contributed by atoms with Crippen LogP contribution in [0.1, 0.15) is 72.3 Å². The minimum Gasteiger partial charge on any atom is -0.493 e. The Balaban J connectivity index is 2.37. The number of hydrogen-bond donors (Lipinski definition) is 1. The molecular formula is C28H34O4. The zero-order valence-electron chi connectivity index (χ0n) is 20.4. The van der Waals surface area contributed by atoms with E-state index in [1.165, 1.54) is 11.6 Å². The summed E-state index contributed by atoms with van der Waals surface area (Å²) in [5, 5.41) is 10.1. The summed E-state index contributed by atoms with van der Waals surface area (Å²) in [5.74, 6) is 0.432. The van der Waals surface area contributed by atoms with Crippen molar-refractivity contribution < 1.29 is 19.1 Å². The van der Waals surface area contributed by atoms with E-state index in [2.05, 4.69) is 53.7 Å². The number of carboxylic acids is 1. The molecule has 4 heteroatoms. The fraction of sp³-hybridized carbons (Fsp3) is 0.393. The molecule has 32 heavy (non-hydrogen) atoms. The highest BCUT2D eigenvalue weighted by Gasteiger charge is 2.27. The van der Waals surface area contributed by atoms with Crippen LogP contribution in [0.5, 0.6) is 5.75 Å². The van der Waals surface area contributed by atoms with Gasteiger partial charge in [-0.3, -0.25) is 0 Å². The van der Waals surface area contributed by atoms with Crippen LogP contribution in [-0.2, 0) is 15.6 Å². The molecule has 3 aromatic rings. The lowest BCUT2D eigenvalue weighted by atomic mass is 9.78. The van der Waals surface area contributed by atoms with E-state index >= 15 is 0 Å². The summed E-state index contributed by atoms with van der Waals surface area (Å²) in [5.41, 5.74) is 5.48. The number of rotatable bonds is 5. The number of benzene rings is 2. The number of carboxylic acid groups (broad SMARTS) is 1. The van der Waals surface area contributed by atoms with Crippen molar-refractivity contribution in [3.05, 3.63) is 59.4 Å². The number of allylic oxidation sites excluding steroid dienone is 1. The first-order valence-electron chi connectivity index (χ1n) is 11.1. The van der Waals surface area contributed by atoms with E-state index in [1.54, 1.807) is 6.92 Å². The van der Waals surface area contributed by atoms with Crippen molar-refractivity contribution in [2.75, 3.05) is 6.61 Å². The van der Waals surface area contributed by atoms with Gasteiger partial charge in [0, 0.05) is 28.2 Å². The van der Waals surface area contributed by atoms with Gasteiger partial charge in [0.2, 0.25) is 0 Å². The topological polar surface area (TPSA) is 59.7 Å². The van der Waals surface area contributed by atoms with E-state index in [9.17, 15) is 4.79 Å². The summed E-state index contributed by atoms with van der Waals surface area (Å²) in [6.07, 6.45) is 1.17. The predicted molar refractivity (Wildman–Crippen MR) is 132 cm³/mol. The zero-order valence-corrected chi connectivity index (χ0v) is 20.4. The van der Waals surface area contributed by atoms with Crippen molar-refractivity contribution in [1.29, 1.82) is 0 Å². The maximum absolute atomic E-state index is 11.1. The Kier molecular flexibility index (Phi) is 6.28. The van der Waals surface area contributed by atoms with Crippen LogP contribution in [0.4, 0.5) is 0 Å². The third kappa shape index (κ3) is 4.74. The van der Waals surface area contributed by atoms with Gasteiger partial charge < -0.3 is 14.3 Å². The molecule has 0 radical (unpaired) electrons. The van der Waals surface area contributed by atoms with Crippen molar-refractivity contribution in [3.63, 3.8) is 0 Å². The van der Waals surface area contributed by atoms with Crippen LogP contribution in [0.15, 0.2) is 46.9 Å². The quantitative estimate of drug-likeness (QED) is 0.420. The molecule has 1 N–H and O–H groups in total. The maximum Gasteiger partial charge on any atom is 0.328 e. The van der Waals surface area contributed by atoms with Gasteiger partial charge in [-0.15, -0.1) is 0 Å². The van der Waals surface area contributed by atoms with E-state index < -0.39 is 5.97 Å². The summed E-state index contributed by atoms with van der Waals surface area (Å²) in [6, 6.07) is 12.4. The zero-order chi connectivity index (χ0) is 23.8. The average Bonchev–Trinajstić information content (AvgIpc) is 3.10. The van der Waals surface area contributed by atoms with Gasteiger partial charge in [0.1, 0.15) is 17.1 Å². The van der Waals surface area contributed by atoms with Crippen LogP contribution in [-0.4, -0.2) is 17.7 Å². The Bertz CT molecular complexity index is 1180. The second-order valence-electron chi connectivity index (χ2n) is 10.3. The van der Waals surface area contributed by atoms with Crippen LogP contribution >= 0.6 is 0 Å². The van der Waals surface area contributed by atoms with E-state index in [-0.39, 0.29) is 10.8 Å². The van der Waals surface area contributed by atoms with Gasteiger partial charge in [-0.25, -0.2) is 4.79 Å². The summed E-state index contributed by atoms with van der Waals surface area (Å²) >= 11 is 0. The van der Waals surface area contributed by atoms with Crippen molar-refractivity contribution in [2.24, 2.45) is 0 Å². The van der Waals surface area contributed by atoms with E-state index in [0.717, 1.165) is 33.4 Å². The summed E-state index contributed by atoms with van der Waals surface area (Å²) in [4.78, 5) is 11.1. The third-order valence-electron chi connectivity index (χ3n) is 5.61. The molecule has 0 aliphatic rings. The average molecular weight is 435 g/mol. The molecule has 0 fully saturated rings. The van der Waals surface area contributed by atoms with E-state index in [1.807, 2.05) is 31.2 Å². The minimum atomic E-state index is -0.991. The smallest absolute Gasteiger partial charge is 0.328 e. The van der Waals surface area contributed by atoms with Gasteiger partial charge in [-0.2, -0.15) is 0 Å². The molecule has 0 bridgehead atoms. The SMILES string of the molecule is CCOc1c(-c2cccc3cc(/C(C)=C/C(=O)O)oc23)cc(C(C)(C)C)cc1C(C)(C)C. The lowest BCUT2D eigenvalue weighted by Gasteiger charge is -2.29. The highest BCUT2D eigenvalue weighted by Crippen LogP contribution is 2.45. The molecule has 0 aliphatic carbocycles. The molecule has 4 nitrogen and oxygen atoms in total. The number of carbonyl (C=O) groups is 1. The Morgan fingerprint density at radius 2 is 1.72 bits per heavy atom. The van der Waals surface area contributed by atoms with Crippen molar-refractivity contribution >= 4 is 22.5 Å². The molecule has 0 saturated heterocycles. The molecule has 0 amide bonds. The van der Waals surface area contributed by atoms with Gasteiger partial charge in [-0.1, -0.05) is 65.8 Å². The Morgan fingerprint density at radius 1 is 1.03 bits per heavy atom. The normalized spacial score (nSPS) is 12.9. The van der Waals surface area contributed by atoms with Crippen molar-refractivity contribution in [1.82, 2.24) is 0 Å². The summed E-state index contributed by atoms with van der Waals surface area (Å²) < 4.78 is 12.5. The second-order valence-corrected chi connectivity index (χ2v) is 10.3. The van der Waals surface area contributed by atoms with Crippen LogP contribution in [0.25, 0.3) is 27.7 Å². The van der Waals surface area contributed by atoms with E-state index in [0.29, 0.717) is 17.9 Å². The fourth-order valence-electron chi connectivity index (χ4n) is 3.84. The monoisotopic (exact) mass is 434 g/mol. The largest absolute Gasteiger partial charge is 0.493 e. The molecule has 1 aromatic heterocycles. The molecule has 1 heterocycles. The number of fused-ring (bicyclic) bond motifs is 1. The first-order chi connectivity index (χ1) is 14.8. The highest BCUT2D eigenvalue weighted by atomic mass is 16.5. The van der Waals surface area contributed by atoms with Crippen LogP contribution in [0, 0.1) is 0 Å². The minimum absolute atomic E-state index is 0.0392. The van der Waals surface area contributed by atoms with Crippen molar-refractivity contribution in [3.8, 4) is 16.9 Å². The van der Waals surface area contributed by atoms with Crippen LogP contribution < -0.4 is 4.74 Å².